The molecule has 0 atom stereocenters. The molecular weight excluding hydrogens is 407 g/mol. The van der Waals surface area contributed by atoms with Crippen LogP contribution in [0.15, 0.2) is 48.5 Å². The van der Waals surface area contributed by atoms with Crippen molar-refractivity contribution in [3.05, 3.63) is 103 Å². The molecule has 0 amide bonds. The van der Waals surface area contributed by atoms with Crippen LogP contribution in [0.25, 0.3) is 0 Å². The van der Waals surface area contributed by atoms with Gasteiger partial charge >= 0.3 is 0 Å². The van der Waals surface area contributed by atoms with E-state index >= 15 is 0 Å². The second-order valence-corrected chi connectivity index (χ2v) is 8.42. The van der Waals surface area contributed by atoms with Crippen molar-refractivity contribution in [2.75, 3.05) is 0 Å². The summed E-state index contributed by atoms with van der Waals surface area (Å²) in [5.41, 5.74) is 8.65. The predicted octanol–water partition coefficient (Wildman–Crippen LogP) is 9.18. The van der Waals surface area contributed by atoms with Gasteiger partial charge < -0.3 is 0 Å². The number of benzene rings is 3. The quantitative estimate of drug-likeness (QED) is 0.330. The fourth-order valence-electron chi connectivity index (χ4n) is 2.46. The fraction of sp³-hybridized carbons (Fsp3) is 0.280. The minimum Gasteiger partial charge on any atom is -0.0843 e. The first kappa shape index (κ1) is 24.6. The highest BCUT2D eigenvalue weighted by Gasteiger charge is 1.98. The third-order valence-electron chi connectivity index (χ3n) is 4.53. The van der Waals surface area contributed by atoms with Crippen molar-refractivity contribution >= 4 is 34.8 Å². The van der Waals surface area contributed by atoms with E-state index in [0.29, 0.717) is 0 Å². The smallest absolute Gasteiger partial charge is 0.0438 e. The summed E-state index contributed by atoms with van der Waals surface area (Å²) in [4.78, 5) is 0. The van der Waals surface area contributed by atoms with Crippen molar-refractivity contribution in [2.45, 2.75) is 48.5 Å². The number of aryl methyl sites for hydroxylation is 7. The van der Waals surface area contributed by atoms with E-state index in [9.17, 15) is 0 Å². The third kappa shape index (κ3) is 8.27. The van der Waals surface area contributed by atoms with Crippen LogP contribution < -0.4 is 0 Å². The molecule has 0 heterocycles. The number of hydrogen-bond acceptors (Lipinski definition) is 0. The van der Waals surface area contributed by atoms with Crippen molar-refractivity contribution in [2.24, 2.45) is 0 Å². The highest BCUT2D eigenvalue weighted by atomic mass is 35.5. The molecule has 0 aliphatic rings. The van der Waals surface area contributed by atoms with Gasteiger partial charge in [-0.2, -0.15) is 0 Å². The second-order valence-electron chi connectivity index (χ2n) is 7.17. The average Bonchev–Trinajstić information content (AvgIpc) is 2.59. The Morgan fingerprint density at radius 3 is 1.14 bits per heavy atom. The van der Waals surface area contributed by atoms with E-state index in [1.807, 2.05) is 57.2 Å². The highest BCUT2D eigenvalue weighted by molar-refractivity contribution is 6.31. The zero-order valence-corrected chi connectivity index (χ0v) is 20.0. The van der Waals surface area contributed by atoms with E-state index < -0.39 is 0 Å². The summed E-state index contributed by atoms with van der Waals surface area (Å²) in [6, 6.07) is 16.0. The van der Waals surface area contributed by atoms with Crippen molar-refractivity contribution in [3.63, 3.8) is 0 Å². The second kappa shape index (κ2) is 11.5. The van der Waals surface area contributed by atoms with E-state index in [-0.39, 0.29) is 0 Å². The van der Waals surface area contributed by atoms with Crippen LogP contribution in [0.2, 0.25) is 15.1 Å². The average molecular weight is 436 g/mol. The Morgan fingerprint density at radius 1 is 0.464 bits per heavy atom. The lowest BCUT2D eigenvalue weighted by Crippen LogP contribution is -1.82. The zero-order chi connectivity index (χ0) is 21.4. The van der Waals surface area contributed by atoms with Crippen molar-refractivity contribution in [1.82, 2.24) is 0 Å². The van der Waals surface area contributed by atoms with Gasteiger partial charge in [0.1, 0.15) is 0 Å². The molecule has 3 aromatic carbocycles. The predicted molar refractivity (Wildman–Crippen MR) is 128 cm³/mol. The summed E-state index contributed by atoms with van der Waals surface area (Å²) in [6.45, 7) is 14.4. The minimum atomic E-state index is 0.810. The molecule has 0 fully saturated rings. The van der Waals surface area contributed by atoms with E-state index in [1.165, 1.54) is 27.8 Å². The maximum absolute atomic E-state index is 5.89. The Labute approximate surface area is 185 Å². The lowest BCUT2D eigenvalue weighted by Gasteiger charge is -2.02. The van der Waals surface area contributed by atoms with Crippen LogP contribution >= 0.6 is 34.8 Å². The maximum atomic E-state index is 5.89. The third-order valence-corrected chi connectivity index (χ3v) is 5.58. The molecule has 150 valence electrons. The summed E-state index contributed by atoms with van der Waals surface area (Å²) < 4.78 is 0. The Balaban J connectivity index is 0.000000212. The van der Waals surface area contributed by atoms with Gasteiger partial charge in [0.15, 0.2) is 0 Å². The maximum Gasteiger partial charge on any atom is 0.0438 e. The molecule has 0 spiro atoms. The van der Waals surface area contributed by atoms with Crippen molar-refractivity contribution < 1.29 is 0 Å². The Bertz CT molecular complexity index is 754. The largest absolute Gasteiger partial charge is 0.0843 e. The molecule has 0 N–H and O–H groups in total. The van der Waals surface area contributed by atoms with Gasteiger partial charge in [-0.25, -0.2) is 0 Å². The van der Waals surface area contributed by atoms with Gasteiger partial charge in [-0.15, -0.1) is 0 Å². The summed E-state index contributed by atoms with van der Waals surface area (Å²) >= 11 is 17.4. The lowest BCUT2D eigenvalue weighted by molar-refractivity contribution is 1.30. The standard InChI is InChI=1S/2C9H11Cl.C7H7Cl/c2*1-6-4-8(3)9(10)5-7(6)2;1-6-3-2-4-7(8)5-6/h2*4-5H,1-3H3;2-5H,1H3. The summed E-state index contributed by atoms with van der Waals surface area (Å²) in [6.07, 6.45) is 0. The fourth-order valence-corrected chi connectivity index (χ4v) is 3.14. The molecule has 28 heavy (non-hydrogen) atoms. The number of halogens is 3. The van der Waals surface area contributed by atoms with Crippen LogP contribution in [0.1, 0.15) is 38.9 Å². The summed E-state index contributed by atoms with van der Waals surface area (Å²) in [7, 11) is 0. The molecule has 3 heteroatoms. The van der Waals surface area contributed by atoms with Gasteiger partial charge in [-0.05, 0) is 112 Å². The van der Waals surface area contributed by atoms with Crippen LogP contribution in [0.4, 0.5) is 0 Å². The highest BCUT2D eigenvalue weighted by Crippen LogP contribution is 2.20. The number of rotatable bonds is 0. The molecule has 0 aliphatic carbocycles. The Hall–Kier alpha value is -1.47. The molecule has 0 radical (unpaired) electrons. The van der Waals surface area contributed by atoms with Gasteiger partial charge in [0, 0.05) is 15.1 Å². The molecule has 3 rings (SSSR count). The molecule has 0 aliphatic heterocycles. The van der Waals surface area contributed by atoms with Crippen LogP contribution in [-0.4, -0.2) is 0 Å². The summed E-state index contributed by atoms with van der Waals surface area (Å²) in [5.74, 6) is 0. The van der Waals surface area contributed by atoms with Gasteiger partial charge in [-0.1, -0.05) is 59.1 Å². The molecule has 0 nitrogen and oxygen atoms in total. The molecule has 0 aromatic heterocycles. The minimum absolute atomic E-state index is 0.810. The van der Waals surface area contributed by atoms with Crippen LogP contribution in [0, 0.1) is 48.5 Å². The molecule has 0 saturated heterocycles. The van der Waals surface area contributed by atoms with E-state index in [4.69, 9.17) is 34.8 Å². The topological polar surface area (TPSA) is 0 Å². The van der Waals surface area contributed by atoms with Crippen LogP contribution in [-0.2, 0) is 0 Å². The first-order chi connectivity index (χ1) is 13.0. The van der Waals surface area contributed by atoms with Crippen molar-refractivity contribution in [3.8, 4) is 0 Å². The van der Waals surface area contributed by atoms with Gasteiger partial charge in [-0.3, -0.25) is 0 Å². The lowest BCUT2D eigenvalue weighted by atomic mass is 10.1. The SMILES string of the molecule is Cc1cc(C)c(Cl)cc1C.Cc1cc(C)c(Cl)cc1C.Cc1cccc(Cl)c1. The molecule has 0 saturated carbocycles. The first-order valence-electron chi connectivity index (χ1n) is 9.20. The number of hydrogen-bond donors (Lipinski definition) is 0. The first-order valence-corrected chi connectivity index (χ1v) is 10.3. The van der Waals surface area contributed by atoms with Gasteiger partial charge in [0.05, 0.1) is 0 Å². The zero-order valence-electron chi connectivity index (χ0n) is 17.8. The van der Waals surface area contributed by atoms with Gasteiger partial charge in [0.2, 0.25) is 0 Å². The molecule has 0 unspecified atom stereocenters. The van der Waals surface area contributed by atoms with E-state index in [2.05, 4.69) is 39.8 Å². The molecule has 0 bridgehead atoms. The van der Waals surface area contributed by atoms with Crippen LogP contribution in [0.3, 0.4) is 0 Å². The van der Waals surface area contributed by atoms with E-state index in [1.54, 1.807) is 0 Å². The van der Waals surface area contributed by atoms with E-state index in [0.717, 1.165) is 26.2 Å². The monoisotopic (exact) mass is 434 g/mol. The Morgan fingerprint density at radius 2 is 0.857 bits per heavy atom. The Kier molecular flexibility index (Phi) is 10.1. The molecule has 3 aromatic rings. The normalized spacial score (nSPS) is 9.79. The molecular formula is C25H29Cl3. The van der Waals surface area contributed by atoms with Crippen LogP contribution in [0.5, 0.6) is 0 Å². The van der Waals surface area contributed by atoms with Crippen molar-refractivity contribution in [1.29, 1.82) is 0 Å². The van der Waals surface area contributed by atoms with Gasteiger partial charge in [0.25, 0.3) is 0 Å². The summed E-state index contributed by atoms with van der Waals surface area (Å²) in [5, 5.41) is 2.54.